The van der Waals surface area contributed by atoms with Gasteiger partial charge in [-0.05, 0) is 18.1 Å². The van der Waals surface area contributed by atoms with Gasteiger partial charge in [0.05, 0.1) is 0 Å². The maximum absolute atomic E-state index is 5.63. The predicted octanol–water partition coefficient (Wildman–Crippen LogP) is 3.74. The highest BCUT2D eigenvalue weighted by atomic mass is 28.3. The van der Waals surface area contributed by atoms with Crippen molar-refractivity contribution < 1.29 is 4.74 Å². The van der Waals surface area contributed by atoms with E-state index in [2.05, 4.69) is 68.4 Å². The first-order valence-corrected chi connectivity index (χ1v) is 9.87. The minimum absolute atomic E-state index is 0.122. The van der Waals surface area contributed by atoms with E-state index < -0.39 is 8.07 Å². The van der Waals surface area contributed by atoms with Crippen molar-refractivity contribution >= 4 is 14.1 Å². The molecule has 0 aromatic heterocycles. The molecular formula is C16H20OSi. The highest BCUT2D eigenvalue weighted by molar-refractivity contribution is 6.83. The maximum Gasteiger partial charge on any atom is 0.148 e. The fourth-order valence-electron chi connectivity index (χ4n) is 1.75. The van der Waals surface area contributed by atoms with Gasteiger partial charge in [-0.25, -0.2) is 0 Å². The van der Waals surface area contributed by atoms with Crippen molar-refractivity contribution in [1.29, 1.82) is 0 Å². The quantitative estimate of drug-likeness (QED) is 0.446. The molecule has 1 nitrogen and oxygen atoms in total. The minimum atomic E-state index is -1.28. The number of hydrogen-bond acceptors (Lipinski definition) is 1. The zero-order valence-electron chi connectivity index (χ0n) is 11.5. The fraction of sp³-hybridized carbons (Fsp3) is 0.375. The Kier molecular flexibility index (Phi) is 3.75. The van der Waals surface area contributed by atoms with E-state index in [4.69, 9.17) is 4.74 Å². The standard InChI is InChI=1S/C16H20OSi/c1-13(12-14-8-6-5-7-9-14)16-15(17-16)10-11-18(2,3)4/h5-9,12,15-16H,1-4H3/b13-12+/t15-,16-/m1/s1. The number of epoxide rings is 1. The third-order valence-corrected chi connectivity index (χ3v) is 3.62. The van der Waals surface area contributed by atoms with Crippen LogP contribution in [-0.4, -0.2) is 20.3 Å². The van der Waals surface area contributed by atoms with Gasteiger partial charge in [-0.2, -0.15) is 0 Å². The average molecular weight is 256 g/mol. The first kappa shape index (κ1) is 13.1. The van der Waals surface area contributed by atoms with E-state index >= 15 is 0 Å². The van der Waals surface area contributed by atoms with E-state index in [1.165, 1.54) is 11.1 Å². The van der Waals surface area contributed by atoms with Crippen molar-refractivity contribution in [2.75, 3.05) is 0 Å². The van der Waals surface area contributed by atoms with Crippen LogP contribution >= 0.6 is 0 Å². The molecule has 1 aromatic carbocycles. The van der Waals surface area contributed by atoms with Gasteiger partial charge in [-0.3, -0.25) is 0 Å². The highest BCUT2D eigenvalue weighted by Crippen LogP contribution is 2.29. The lowest BCUT2D eigenvalue weighted by atomic mass is 10.1. The molecule has 0 amide bonds. The first-order chi connectivity index (χ1) is 8.46. The van der Waals surface area contributed by atoms with Gasteiger partial charge in [-0.15, -0.1) is 5.54 Å². The van der Waals surface area contributed by atoms with E-state index in [1.807, 2.05) is 6.07 Å². The second-order valence-corrected chi connectivity index (χ2v) is 10.5. The number of rotatable bonds is 2. The van der Waals surface area contributed by atoms with Crippen molar-refractivity contribution in [2.45, 2.75) is 38.8 Å². The lowest BCUT2D eigenvalue weighted by Crippen LogP contribution is -2.16. The molecular weight excluding hydrogens is 236 g/mol. The summed E-state index contributed by atoms with van der Waals surface area (Å²) in [6.45, 7) is 8.88. The van der Waals surface area contributed by atoms with Crippen molar-refractivity contribution in [1.82, 2.24) is 0 Å². The summed E-state index contributed by atoms with van der Waals surface area (Å²) in [6, 6.07) is 10.3. The molecule has 0 saturated carbocycles. The van der Waals surface area contributed by atoms with Gasteiger partial charge in [0.1, 0.15) is 20.3 Å². The number of ether oxygens (including phenoxy) is 1. The average Bonchev–Trinajstić information content (AvgIpc) is 3.06. The largest absolute Gasteiger partial charge is 0.351 e. The summed E-state index contributed by atoms with van der Waals surface area (Å²) in [6.07, 6.45) is 2.51. The Bertz CT molecular complexity index is 499. The fourth-order valence-corrected chi connectivity index (χ4v) is 2.33. The van der Waals surface area contributed by atoms with Crippen LogP contribution in [0.4, 0.5) is 0 Å². The normalized spacial score (nSPS) is 23.2. The topological polar surface area (TPSA) is 12.5 Å². The lowest BCUT2D eigenvalue weighted by Gasteiger charge is -2.02. The summed E-state index contributed by atoms with van der Waals surface area (Å²) < 4.78 is 5.63. The monoisotopic (exact) mass is 256 g/mol. The van der Waals surface area contributed by atoms with Gasteiger partial charge < -0.3 is 4.74 Å². The van der Waals surface area contributed by atoms with Crippen LogP contribution in [0, 0.1) is 11.5 Å². The number of hydrogen-bond donors (Lipinski definition) is 0. The third kappa shape index (κ3) is 3.87. The Morgan fingerprint density at radius 2 is 1.89 bits per heavy atom. The molecule has 1 aliphatic heterocycles. The molecule has 2 atom stereocenters. The highest BCUT2D eigenvalue weighted by Gasteiger charge is 2.38. The molecule has 18 heavy (non-hydrogen) atoms. The predicted molar refractivity (Wildman–Crippen MR) is 79.9 cm³/mol. The summed E-state index contributed by atoms with van der Waals surface area (Å²) in [5.41, 5.74) is 5.85. The maximum atomic E-state index is 5.63. The zero-order valence-corrected chi connectivity index (χ0v) is 12.5. The summed E-state index contributed by atoms with van der Waals surface area (Å²) in [5.74, 6) is 3.26. The van der Waals surface area contributed by atoms with E-state index in [0.717, 1.165) is 0 Å². The van der Waals surface area contributed by atoms with Crippen molar-refractivity contribution in [3.63, 3.8) is 0 Å². The van der Waals surface area contributed by atoms with Crippen LogP contribution in [0.25, 0.3) is 6.08 Å². The van der Waals surface area contributed by atoms with Gasteiger partial charge >= 0.3 is 0 Å². The third-order valence-electron chi connectivity index (χ3n) is 2.72. The van der Waals surface area contributed by atoms with Gasteiger partial charge in [-0.1, -0.05) is 62.0 Å². The molecule has 0 bridgehead atoms. The Hall–Kier alpha value is -1.30. The Labute approximate surface area is 111 Å². The molecule has 0 unspecified atom stereocenters. The van der Waals surface area contributed by atoms with Crippen LogP contribution in [-0.2, 0) is 4.74 Å². The minimum Gasteiger partial charge on any atom is -0.351 e. The zero-order chi connectivity index (χ0) is 13.2. The lowest BCUT2D eigenvalue weighted by molar-refractivity contribution is 0.411. The van der Waals surface area contributed by atoms with E-state index in [-0.39, 0.29) is 12.2 Å². The molecule has 0 N–H and O–H groups in total. The molecule has 1 heterocycles. The van der Waals surface area contributed by atoms with E-state index in [0.29, 0.717) is 0 Å². The molecule has 2 rings (SSSR count). The van der Waals surface area contributed by atoms with Crippen LogP contribution in [0.2, 0.25) is 19.6 Å². The molecule has 0 spiro atoms. The van der Waals surface area contributed by atoms with Crippen LogP contribution in [0.1, 0.15) is 12.5 Å². The first-order valence-electron chi connectivity index (χ1n) is 6.37. The molecule has 94 valence electrons. The molecule has 1 saturated heterocycles. The van der Waals surface area contributed by atoms with Gasteiger partial charge in [0, 0.05) is 0 Å². The van der Waals surface area contributed by atoms with Gasteiger partial charge in [0.2, 0.25) is 0 Å². The Morgan fingerprint density at radius 3 is 2.50 bits per heavy atom. The van der Waals surface area contributed by atoms with Crippen molar-refractivity contribution in [2.24, 2.45) is 0 Å². The van der Waals surface area contributed by atoms with E-state index in [1.54, 1.807) is 0 Å². The molecule has 0 radical (unpaired) electrons. The summed E-state index contributed by atoms with van der Waals surface area (Å²) in [5, 5.41) is 0. The molecule has 0 aliphatic carbocycles. The van der Waals surface area contributed by atoms with Crippen LogP contribution in [0.5, 0.6) is 0 Å². The number of benzene rings is 1. The molecule has 1 fully saturated rings. The van der Waals surface area contributed by atoms with Crippen LogP contribution < -0.4 is 0 Å². The second kappa shape index (κ2) is 5.13. The SMILES string of the molecule is C/C(=C\c1ccccc1)[C@H]1O[C@@H]1C#C[Si](C)(C)C. The summed E-state index contributed by atoms with van der Waals surface area (Å²) in [7, 11) is -1.28. The van der Waals surface area contributed by atoms with E-state index in [9.17, 15) is 0 Å². The van der Waals surface area contributed by atoms with Crippen molar-refractivity contribution in [3.05, 3.63) is 41.5 Å². The molecule has 2 heteroatoms. The van der Waals surface area contributed by atoms with Gasteiger partial charge in [0.15, 0.2) is 0 Å². The van der Waals surface area contributed by atoms with Crippen LogP contribution in [0.3, 0.4) is 0 Å². The Morgan fingerprint density at radius 1 is 1.22 bits per heavy atom. The summed E-state index contributed by atoms with van der Waals surface area (Å²) >= 11 is 0. The van der Waals surface area contributed by atoms with Crippen molar-refractivity contribution in [3.8, 4) is 11.5 Å². The molecule has 1 aromatic rings. The molecule has 1 aliphatic rings. The van der Waals surface area contributed by atoms with Gasteiger partial charge in [0.25, 0.3) is 0 Å². The smallest absolute Gasteiger partial charge is 0.148 e. The Balaban J connectivity index is 1.99. The second-order valence-electron chi connectivity index (χ2n) is 5.80. The summed E-state index contributed by atoms with van der Waals surface area (Å²) in [4.78, 5) is 0. The van der Waals surface area contributed by atoms with Crippen LogP contribution in [0.15, 0.2) is 35.9 Å².